The van der Waals surface area contributed by atoms with Gasteiger partial charge in [0, 0.05) is 20.0 Å². The first-order chi connectivity index (χ1) is 12.9. The molecule has 3 heterocycles. The first kappa shape index (κ1) is 18.2. The molecular formula is C17H21N3O6S. The van der Waals surface area contributed by atoms with E-state index in [0.717, 1.165) is 5.56 Å². The van der Waals surface area contributed by atoms with Gasteiger partial charge in [-0.25, -0.2) is 13.2 Å². The molecule has 0 spiro atoms. The van der Waals surface area contributed by atoms with Crippen molar-refractivity contribution in [3.8, 4) is 0 Å². The van der Waals surface area contributed by atoms with Crippen molar-refractivity contribution in [2.45, 2.75) is 30.4 Å². The Bertz CT molecular complexity index is 881. The van der Waals surface area contributed by atoms with Crippen LogP contribution in [0.3, 0.4) is 0 Å². The summed E-state index contributed by atoms with van der Waals surface area (Å²) in [4.78, 5) is 25.2. The van der Waals surface area contributed by atoms with Gasteiger partial charge in [-0.05, 0) is 30.2 Å². The zero-order valence-electron chi connectivity index (χ0n) is 14.9. The average molecular weight is 395 g/mol. The average Bonchev–Trinajstić information content (AvgIpc) is 3.17. The van der Waals surface area contributed by atoms with Crippen LogP contribution in [0.1, 0.15) is 12.5 Å². The Morgan fingerprint density at radius 3 is 2.74 bits per heavy atom. The lowest BCUT2D eigenvalue weighted by Crippen LogP contribution is -2.40. The number of nitrogens with zero attached hydrogens (tertiary/aromatic N) is 2. The second-order valence-corrected chi connectivity index (χ2v) is 8.75. The van der Waals surface area contributed by atoms with Gasteiger partial charge >= 0.3 is 6.09 Å². The maximum Gasteiger partial charge on any atom is 0.415 e. The number of fused-ring (bicyclic) bond motifs is 3. The number of nitrogens with one attached hydrogen (secondary N) is 1. The minimum absolute atomic E-state index is 0.195. The van der Waals surface area contributed by atoms with Gasteiger partial charge in [-0.2, -0.15) is 4.31 Å². The minimum atomic E-state index is -3.59. The number of sulfonamides is 1. The maximum absolute atomic E-state index is 12.9. The number of amides is 2. The molecule has 1 aromatic rings. The van der Waals surface area contributed by atoms with Gasteiger partial charge in [-0.15, -0.1) is 0 Å². The van der Waals surface area contributed by atoms with Gasteiger partial charge in [0.05, 0.1) is 36.4 Å². The molecule has 0 aliphatic carbocycles. The SMILES string of the molecule is CC(=O)NC[C@@H]1OC(=O)N2c3ccc(S(=O)(=O)N4CCOCC4)cc3C[C@@H]12. The number of morpholine rings is 1. The second-order valence-electron chi connectivity index (χ2n) is 6.81. The van der Waals surface area contributed by atoms with Gasteiger partial charge in [0.1, 0.15) is 6.10 Å². The quantitative estimate of drug-likeness (QED) is 0.775. The van der Waals surface area contributed by atoms with Gasteiger partial charge in [-0.3, -0.25) is 9.69 Å². The van der Waals surface area contributed by atoms with Gasteiger partial charge in [0.25, 0.3) is 0 Å². The molecule has 0 unspecified atom stereocenters. The summed E-state index contributed by atoms with van der Waals surface area (Å²) in [5, 5.41) is 2.67. The molecule has 2 saturated heterocycles. The highest BCUT2D eigenvalue weighted by atomic mass is 32.2. The van der Waals surface area contributed by atoms with E-state index in [1.165, 1.54) is 17.3 Å². The summed E-state index contributed by atoms with van der Waals surface area (Å²) in [5.74, 6) is -0.195. The highest BCUT2D eigenvalue weighted by Gasteiger charge is 2.47. The molecule has 3 aliphatic heterocycles. The van der Waals surface area contributed by atoms with E-state index in [-0.39, 0.29) is 23.4 Å². The minimum Gasteiger partial charge on any atom is -0.442 e. The number of hydrogen-bond acceptors (Lipinski definition) is 6. The van der Waals surface area contributed by atoms with Crippen molar-refractivity contribution < 1.29 is 27.5 Å². The number of rotatable bonds is 4. The molecule has 0 radical (unpaired) electrons. The Hall–Kier alpha value is -2.17. The molecular weight excluding hydrogens is 374 g/mol. The lowest BCUT2D eigenvalue weighted by atomic mass is 10.1. The molecule has 0 saturated carbocycles. The topological polar surface area (TPSA) is 105 Å². The lowest BCUT2D eigenvalue weighted by Gasteiger charge is -2.26. The van der Waals surface area contributed by atoms with Crippen LogP contribution >= 0.6 is 0 Å². The van der Waals surface area contributed by atoms with Gasteiger partial charge in [0.2, 0.25) is 15.9 Å². The molecule has 27 heavy (non-hydrogen) atoms. The van der Waals surface area contributed by atoms with Crippen LogP contribution in [0.15, 0.2) is 23.1 Å². The number of ether oxygens (including phenoxy) is 2. The molecule has 2 amide bonds. The van der Waals surface area contributed by atoms with E-state index in [1.54, 1.807) is 17.0 Å². The molecule has 0 aromatic heterocycles. The van der Waals surface area contributed by atoms with E-state index in [0.29, 0.717) is 38.4 Å². The van der Waals surface area contributed by atoms with Gasteiger partial charge in [-0.1, -0.05) is 0 Å². The maximum atomic E-state index is 12.9. The predicted molar refractivity (Wildman–Crippen MR) is 94.9 cm³/mol. The third kappa shape index (κ3) is 3.17. The Morgan fingerprint density at radius 2 is 2.04 bits per heavy atom. The van der Waals surface area contributed by atoms with Crippen LogP contribution in [0.5, 0.6) is 0 Å². The van der Waals surface area contributed by atoms with Crippen molar-refractivity contribution in [3.05, 3.63) is 23.8 Å². The Kier molecular flexibility index (Phi) is 4.57. The molecule has 2 fully saturated rings. The fraction of sp³-hybridized carbons (Fsp3) is 0.529. The number of hydrogen-bond donors (Lipinski definition) is 1. The molecule has 146 valence electrons. The summed E-state index contributed by atoms with van der Waals surface area (Å²) in [6.45, 7) is 3.07. The van der Waals surface area contributed by atoms with Crippen LogP contribution in [-0.2, 0) is 30.7 Å². The molecule has 9 nitrogen and oxygen atoms in total. The smallest absolute Gasteiger partial charge is 0.415 e. The highest BCUT2D eigenvalue weighted by molar-refractivity contribution is 7.89. The van der Waals surface area contributed by atoms with Crippen molar-refractivity contribution >= 4 is 27.7 Å². The number of carbonyl (C=O) groups excluding carboxylic acids is 2. The van der Waals surface area contributed by atoms with Crippen molar-refractivity contribution in [3.63, 3.8) is 0 Å². The first-order valence-electron chi connectivity index (χ1n) is 8.83. The van der Waals surface area contributed by atoms with Crippen molar-refractivity contribution in [1.29, 1.82) is 0 Å². The summed E-state index contributed by atoms with van der Waals surface area (Å²) in [6.07, 6.45) is -0.455. The van der Waals surface area contributed by atoms with E-state index in [4.69, 9.17) is 9.47 Å². The van der Waals surface area contributed by atoms with Crippen molar-refractivity contribution in [2.24, 2.45) is 0 Å². The highest BCUT2D eigenvalue weighted by Crippen LogP contribution is 2.39. The molecule has 4 rings (SSSR count). The Labute approximate surface area is 157 Å². The normalized spacial score (nSPS) is 25.1. The monoisotopic (exact) mass is 395 g/mol. The number of anilines is 1. The summed E-state index contributed by atoms with van der Waals surface area (Å²) < 4.78 is 37.7. The third-order valence-electron chi connectivity index (χ3n) is 5.11. The van der Waals surface area contributed by atoms with Crippen LogP contribution in [0.2, 0.25) is 0 Å². The van der Waals surface area contributed by atoms with E-state index in [9.17, 15) is 18.0 Å². The van der Waals surface area contributed by atoms with E-state index >= 15 is 0 Å². The van der Waals surface area contributed by atoms with Crippen molar-refractivity contribution in [2.75, 3.05) is 37.7 Å². The fourth-order valence-corrected chi connectivity index (χ4v) is 5.23. The standard InChI is InChI=1S/C17H21N3O6S/c1-11(21)18-10-16-15-9-12-8-13(2-3-14(12)20(15)17(22)26-16)27(23,24)19-4-6-25-7-5-19/h2-3,8,15-16H,4-7,9-10H2,1H3,(H,18,21)/t15-,16-/m0/s1. The van der Waals surface area contributed by atoms with Crippen LogP contribution in [0.25, 0.3) is 0 Å². The van der Waals surface area contributed by atoms with Gasteiger partial charge in [0.15, 0.2) is 0 Å². The molecule has 3 aliphatic rings. The molecule has 1 N–H and O–H groups in total. The van der Waals surface area contributed by atoms with E-state index < -0.39 is 22.2 Å². The van der Waals surface area contributed by atoms with E-state index in [2.05, 4.69) is 5.32 Å². The lowest BCUT2D eigenvalue weighted by molar-refractivity contribution is -0.119. The summed E-state index contributed by atoms with van der Waals surface area (Å²) in [6, 6.07) is 4.58. The molecule has 0 bridgehead atoms. The molecule has 1 aromatic carbocycles. The summed E-state index contributed by atoms with van der Waals surface area (Å²) in [7, 11) is -3.59. The number of cyclic esters (lactones) is 1. The zero-order chi connectivity index (χ0) is 19.2. The van der Waals surface area contributed by atoms with Crippen LogP contribution in [0.4, 0.5) is 10.5 Å². The molecule has 2 atom stereocenters. The Balaban J connectivity index is 1.59. The summed E-state index contributed by atoms with van der Waals surface area (Å²) in [5.41, 5.74) is 1.45. The largest absolute Gasteiger partial charge is 0.442 e. The first-order valence-corrected chi connectivity index (χ1v) is 10.3. The number of benzene rings is 1. The molecule has 10 heteroatoms. The van der Waals surface area contributed by atoms with Gasteiger partial charge < -0.3 is 14.8 Å². The fourth-order valence-electron chi connectivity index (χ4n) is 3.77. The van der Waals surface area contributed by atoms with Crippen LogP contribution in [0, 0.1) is 0 Å². The van der Waals surface area contributed by atoms with Crippen LogP contribution < -0.4 is 10.2 Å². The van der Waals surface area contributed by atoms with Crippen LogP contribution in [-0.4, -0.2) is 69.7 Å². The second kappa shape index (κ2) is 6.77. The number of carbonyl (C=O) groups is 2. The van der Waals surface area contributed by atoms with Crippen molar-refractivity contribution in [1.82, 2.24) is 9.62 Å². The summed E-state index contributed by atoms with van der Waals surface area (Å²) >= 11 is 0. The predicted octanol–water partition coefficient (Wildman–Crippen LogP) is 0.0935. The van der Waals surface area contributed by atoms with E-state index in [1.807, 2.05) is 0 Å². The Morgan fingerprint density at radius 1 is 1.30 bits per heavy atom. The zero-order valence-corrected chi connectivity index (χ0v) is 15.7. The third-order valence-corrected chi connectivity index (χ3v) is 7.00.